The van der Waals surface area contributed by atoms with Crippen molar-refractivity contribution in [2.45, 2.75) is 9.73 Å². The van der Waals surface area contributed by atoms with Crippen LogP contribution in [0.25, 0.3) is 11.0 Å². The van der Waals surface area contributed by atoms with Crippen molar-refractivity contribution in [2.24, 2.45) is 5.14 Å². The minimum absolute atomic E-state index is 0.00116. The number of nitrogens with two attached hydrogens (primary N) is 1. The Bertz CT molecular complexity index is 681. The molecule has 9 heteroatoms. The maximum atomic E-state index is 11.2. The third-order valence-electron chi connectivity index (χ3n) is 2.07. The number of fused-ring (bicyclic) bond motifs is 1. The van der Waals surface area contributed by atoms with Gasteiger partial charge in [-0.25, -0.2) is 18.5 Å². The van der Waals surface area contributed by atoms with Crippen molar-refractivity contribution in [3.05, 3.63) is 23.0 Å². The molecule has 2 rings (SSSR count). The molecule has 0 aliphatic rings. The summed E-state index contributed by atoms with van der Waals surface area (Å²) in [7, 11) is -3.88. The molecule has 0 bridgehead atoms. The Hall–Kier alpha value is -0.530. The monoisotopic (exact) mass is 313 g/mol. The third-order valence-corrected chi connectivity index (χ3v) is 3.86. The summed E-state index contributed by atoms with van der Waals surface area (Å²) in [5.74, 6) is 0.311. The second-order valence-electron chi connectivity index (χ2n) is 3.27. The predicted molar refractivity (Wildman–Crippen MR) is 66.9 cm³/mol. The number of imidazole rings is 1. The Balaban J connectivity index is 2.72. The molecule has 0 aliphatic heterocycles. The highest BCUT2D eigenvalue weighted by Crippen LogP contribution is 2.29. The lowest BCUT2D eigenvalue weighted by molar-refractivity contribution is 0.598. The fourth-order valence-corrected chi connectivity index (χ4v) is 2.65. The maximum Gasteiger partial charge on any atom is 0.239 e. The lowest BCUT2D eigenvalue weighted by Gasteiger charge is -2.00. The van der Waals surface area contributed by atoms with Gasteiger partial charge in [0.1, 0.15) is 10.7 Å². The Labute approximate surface area is 112 Å². The fraction of sp³-hybridized carbons (Fsp3) is 0.125. The quantitative estimate of drug-likeness (QED) is 0.834. The first-order valence-corrected chi connectivity index (χ1v) is 7.09. The number of nitrogens with one attached hydrogen (secondary N) is 1. The van der Waals surface area contributed by atoms with Crippen LogP contribution in [0.4, 0.5) is 0 Å². The van der Waals surface area contributed by atoms with Gasteiger partial charge in [-0.05, 0) is 12.1 Å². The van der Waals surface area contributed by atoms with Gasteiger partial charge in [0, 0.05) is 0 Å². The van der Waals surface area contributed by atoms with E-state index in [4.69, 9.17) is 39.9 Å². The van der Waals surface area contributed by atoms with Crippen molar-refractivity contribution >= 4 is 55.9 Å². The number of benzene rings is 1. The van der Waals surface area contributed by atoms with Crippen LogP contribution >= 0.6 is 34.8 Å². The Morgan fingerprint density at radius 2 is 2.00 bits per heavy atom. The van der Waals surface area contributed by atoms with Crippen LogP contribution in [0.15, 0.2) is 17.0 Å². The molecule has 0 spiro atoms. The van der Waals surface area contributed by atoms with Crippen molar-refractivity contribution in [1.29, 1.82) is 0 Å². The van der Waals surface area contributed by atoms with Gasteiger partial charge in [-0.2, -0.15) is 0 Å². The number of hydrogen-bond donors (Lipinski definition) is 2. The molecule has 1 aromatic carbocycles. The molecule has 0 radical (unpaired) electrons. The molecule has 0 aliphatic carbocycles. The number of halogens is 3. The number of nitrogens with zero attached hydrogens (tertiary/aromatic N) is 1. The molecule has 92 valence electrons. The normalized spacial score (nSPS) is 12.5. The van der Waals surface area contributed by atoms with E-state index in [9.17, 15) is 8.42 Å². The molecule has 5 nitrogen and oxygen atoms in total. The van der Waals surface area contributed by atoms with Crippen LogP contribution in [0.1, 0.15) is 10.7 Å². The van der Waals surface area contributed by atoms with E-state index in [2.05, 4.69) is 9.97 Å². The summed E-state index contributed by atoms with van der Waals surface area (Å²) in [6.45, 7) is 0. The van der Waals surface area contributed by atoms with Crippen LogP contribution in [0.5, 0.6) is 0 Å². The lowest BCUT2D eigenvalue weighted by Crippen LogP contribution is -2.12. The van der Waals surface area contributed by atoms with Crippen LogP contribution in [0, 0.1) is 0 Å². The lowest BCUT2D eigenvalue weighted by atomic mass is 10.3. The van der Waals surface area contributed by atoms with Crippen LogP contribution in [-0.4, -0.2) is 18.4 Å². The van der Waals surface area contributed by atoms with Crippen molar-refractivity contribution in [3.63, 3.8) is 0 Å². The maximum absolute atomic E-state index is 11.2. The average molecular weight is 315 g/mol. The molecule has 0 atom stereocenters. The summed E-state index contributed by atoms with van der Waals surface area (Å²) in [4.78, 5) is 5.83. The van der Waals surface area contributed by atoms with Gasteiger partial charge < -0.3 is 4.98 Å². The van der Waals surface area contributed by atoms with E-state index in [-0.39, 0.29) is 9.92 Å². The van der Waals surface area contributed by atoms with Gasteiger partial charge in [0.05, 0.1) is 16.1 Å². The molecule has 1 aromatic heterocycles. The molecule has 0 amide bonds. The van der Waals surface area contributed by atoms with E-state index in [1.54, 1.807) is 0 Å². The van der Waals surface area contributed by atoms with Crippen molar-refractivity contribution in [1.82, 2.24) is 9.97 Å². The molecule has 17 heavy (non-hydrogen) atoms. The minimum atomic E-state index is -3.88. The van der Waals surface area contributed by atoms with Gasteiger partial charge in [0.2, 0.25) is 10.0 Å². The fourth-order valence-electron chi connectivity index (χ4n) is 1.35. The molecule has 2 aromatic rings. The number of hydrogen-bond acceptors (Lipinski definition) is 3. The summed E-state index contributed by atoms with van der Waals surface area (Å²) in [6.07, 6.45) is 0. The molecule has 1 heterocycles. The molecular formula is C8H6Cl3N3O2S. The van der Waals surface area contributed by atoms with Gasteiger partial charge >= 0.3 is 0 Å². The molecule has 0 saturated carbocycles. The summed E-state index contributed by atoms with van der Waals surface area (Å²) < 4.78 is 22.5. The number of sulfonamides is 1. The largest absolute Gasteiger partial charge is 0.340 e. The van der Waals surface area contributed by atoms with E-state index in [1.165, 1.54) is 12.1 Å². The highest BCUT2D eigenvalue weighted by molar-refractivity contribution is 7.89. The predicted octanol–water partition coefficient (Wildman–Crippen LogP) is 2.34. The molecule has 0 unspecified atom stereocenters. The second kappa shape index (κ2) is 4.29. The van der Waals surface area contributed by atoms with E-state index < -0.39 is 14.9 Å². The first-order chi connectivity index (χ1) is 7.79. The van der Waals surface area contributed by atoms with E-state index >= 15 is 0 Å². The van der Waals surface area contributed by atoms with E-state index in [0.29, 0.717) is 16.9 Å². The number of rotatable bonds is 2. The van der Waals surface area contributed by atoms with Gasteiger partial charge in [-0.1, -0.05) is 34.8 Å². The molecule has 0 fully saturated rings. The van der Waals surface area contributed by atoms with Crippen molar-refractivity contribution in [3.8, 4) is 0 Å². The zero-order chi connectivity index (χ0) is 12.8. The first-order valence-electron chi connectivity index (χ1n) is 4.29. The standard InChI is InChI=1S/C8H6Cl3N3O2S/c9-3-1-4-5(2-6(3)17(12,15)16)14-8(13-4)7(10)11/h1-2,7H,(H,13,14)(H2,12,15,16). The van der Waals surface area contributed by atoms with Crippen LogP contribution in [0.2, 0.25) is 5.02 Å². The Kier molecular flexibility index (Phi) is 3.26. The summed E-state index contributed by atoms with van der Waals surface area (Å²) in [5, 5.41) is 5.02. The zero-order valence-electron chi connectivity index (χ0n) is 8.12. The smallest absolute Gasteiger partial charge is 0.239 e. The van der Waals surface area contributed by atoms with Crippen LogP contribution < -0.4 is 5.14 Å². The summed E-state index contributed by atoms with van der Waals surface area (Å²) >= 11 is 17.1. The number of H-pyrrole nitrogens is 1. The van der Waals surface area contributed by atoms with Gasteiger partial charge in [-0.3, -0.25) is 0 Å². The van der Waals surface area contributed by atoms with Crippen molar-refractivity contribution < 1.29 is 8.42 Å². The number of aromatic amines is 1. The SMILES string of the molecule is NS(=O)(=O)c1cc2[nH]c(C(Cl)Cl)nc2cc1Cl. The van der Waals surface area contributed by atoms with E-state index in [0.717, 1.165) is 0 Å². The van der Waals surface area contributed by atoms with Gasteiger partial charge in [0.15, 0.2) is 4.84 Å². The zero-order valence-corrected chi connectivity index (χ0v) is 11.2. The highest BCUT2D eigenvalue weighted by Gasteiger charge is 2.17. The minimum Gasteiger partial charge on any atom is -0.340 e. The number of primary sulfonamides is 1. The van der Waals surface area contributed by atoms with Gasteiger partial charge in [-0.15, -0.1) is 0 Å². The van der Waals surface area contributed by atoms with Crippen molar-refractivity contribution in [2.75, 3.05) is 0 Å². The highest BCUT2D eigenvalue weighted by atomic mass is 35.5. The molecule has 0 saturated heterocycles. The first kappa shape index (κ1) is 12.9. The summed E-state index contributed by atoms with van der Waals surface area (Å²) in [5.41, 5.74) is 0.906. The van der Waals surface area contributed by atoms with Crippen LogP contribution in [-0.2, 0) is 10.0 Å². The van der Waals surface area contributed by atoms with Crippen LogP contribution in [0.3, 0.4) is 0 Å². The molecule has 3 N–H and O–H groups in total. The number of alkyl halides is 2. The van der Waals surface area contributed by atoms with Gasteiger partial charge in [0.25, 0.3) is 0 Å². The average Bonchev–Trinajstić information content (AvgIpc) is 2.57. The topological polar surface area (TPSA) is 88.8 Å². The molecular weight excluding hydrogens is 309 g/mol. The summed E-state index contributed by atoms with van der Waals surface area (Å²) in [6, 6.07) is 2.67. The Morgan fingerprint density at radius 1 is 1.35 bits per heavy atom. The van der Waals surface area contributed by atoms with E-state index in [1.807, 2.05) is 0 Å². The second-order valence-corrected chi connectivity index (χ2v) is 6.30. The third kappa shape index (κ3) is 2.51. The Morgan fingerprint density at radius 3 is 2.53 bits per heavy atom. The number of aromatic nitrogens is 2.